The molecule has 0 aromatic heterocycles. The highest BCUT2D eigenvalue weighted by molar-refractivity contribution is 8.03. The molecule has 4 heteroatoms. The normalized spacial score (nSPS) is 34.2. The SMILES string of the molecule is C[C@@]1(C#N)CCCN(C2CSCCSC2)C1. The first-order valence-electron chi connectivity index (χ1n) is 6.04. The van der Waals surface area contributed by atoms with Gasteiger partial charge in [0.05, 0.1) is 11.5 Å². The van der Waals surface area contributed by atoms with E-state index < -0.39 is 0 Å². The van der Waals surface area contributed by atoms with Crippen molar-refractivity contribution >= 4 is 23.5 Å². The van der Waals surface area contributed by atoms with Gasteiger partial charge in [0.25, 0.3) is 0 Å². The maximum atomic E-state index is 9.23. The first-order valence-corrected chi connectivity index (χ1v) is 8.35. The third kappa shape index (κ3) is 3.09. The molecule has 0 radical (unpaired) electrons. The van der Waals surface area contributed by atoms with Gasteiger partial charge in [-0.15, -0.1) is 0 Å². The smallest absolute Gasteiger partial charge is 0.0700 e. The third-order valence-electron chi connectivity index (χ3n) is 3.50. The Balaban J connectivity index is 1.95. The van der Waals surface area contributed by atoms with Crippen LogP contribution >= 0.6 is 23.5 Å². The van der Waals surface area contributed by atoms with Crippen molar-refractivity contribution in [3.8, 4) is 6.07 Å². The summed E-state index contributed by atoms with van der Waals surface area (Å²) >= 11 is 4.16. The molecule has 2 heterocycles. The van der Waals surface area contributed by atoms with Gasteiger partial charge in [-0.2, -0.15) is 28.8 Å². The Bertz CT molecular complexity index is 269. The summed E-state index contributed by atoms with van der Waals surface area (Å²) in [6.45, 7) is 4.30. The van der Waals surface area contributed by atoms with Crippen LogP contribution in [0.5, 0.6) is 0 Å². The molecule has 2 rings (SSSR count). The lowest BCUT2D eigenvalue weighted by atomic mass is 9.83. The molecule has 2 aliphatic rings. The highest BCUT2D eigenvalue weighted by Gasteiger charge is 2.34. The van der Waals surface area contributed by atoms with Crippen LogP contribution < -0.4 is 0 Å². The number of thioether (sulfide) groups is 2. The lowest BCUT2D eigenvalue weighted by Gasteiger charge is -2.40. The monoisotopic (exact) mass is 256 g/mol. The van der Waals surface area contributed by atoms with Crippen molar-refractivity contribution in [2.45, 2.75) is 25.8 Å². The van der Waals surface area contributed by atoms with Gasteiger partial charge in [-0.25, -0.2) is 0 Å². The van der Waals surface area contributed by atoms with Crippen LogP contribution in [0.2, 0.25) is 0 Å². The summed E-state index contributed by atoms with van der Waals surface area (Å²) in [5, 5.41) is 9.23. The average molecular weight is 256 g/mol. The van der Waals surface area contributed by atoms with E-state index in [0.717, 1.165) is 13.0 Å². The molecule has 0 unspecified atom stereocenters. The summed E-state index contributed by atoms with van der Waals surface area (Å²) in [5.74, 6) is 5.11. The molecule has 0 saturated carbocycles. The van der Waals surface area contributed by atoms with Gasteiger partial charge in [0.2, 0.25) is 0 Å². The summed E-state index contributed by atoms with van der Waals surface area (Å²) in [5.41, 5.74) is -0.0973. The van der Waals surface area contributed by atoms with Crippen molar-refractivity contribution < 1.29 is 0 Å². The van der Waals surface area contributed by atoms with Crippen LogP contribution in [0.3, 0.4) is 0 Å². The molecule has 2 aliphatic heterocycles. The second-order valence-corrected chi connectivity index (χ2v) is 7.35. The third-order valence-corrected chi connectivity index (χ3v) is 5.99. The molecular weight excluding hydrogens is 236 g/mol. The molecule has 0 amide bonds. The second kappa shape index (κ2) is 5.66. The summed E-state index contributed by atoms with van der Waals surface area (Å²) < 4.78 is 0. The topological polar surface area (TPSA) is 27.0 Å². The van der Waals surface area contributed by atoms with E-state index in [2.05, 4.69) is 41.4 Å². The molecule has 0 spiro atoms. The number of rotatable bonds is 1. The van der Waals surface area contributed by atoms with Gasteiger partial charge >= 0.3 is 0 Å². The van der Waals surface area contributed by atoms with E-state index in [1.165, 1.54) is 36.0 Å². The minimum atomic E-state index is -0.0973. The van der Waals surface area contributed by atoms with Crippen molar-refractivity contribution in [2.24, 2.45) is 5.41 Å². The first-order chi connectivity index (χ1) is 7.73. The summed E-state index contributed by atoms with van der Waals surface area (Å²) in [4.78, 5) is 2.57. The average Bonchev–Trinajstić information content (AvgIpc) is 2.58. The van der Waals surface area contributed by atoms with Crippen molar-refractivity contribution in [1.82, 2.24) is 4.90 Å². The van der Waals surface area contributed by atoms with Gasteiger partial charge in [-0.3, -0.25) is 4.90 Å². The van der Waals surface area contributed by atoms with Crippen molar-refractivity contribution in [3.63, 3.8) is 0 Å². The zero-order valence-electron chi connectivity index (χ0n) is 9.95. The number of hydrogen-bond acceptors (Lipinski definition) is 4. The Morgan fingerprint density at radius 3 is 2.62 bits per heavy atom. The lowest BCUT2D eigenvalue weighted by molar-refractivity contribution is 0.117. The molecule has 2 nitrogen and oxygen atoms in total. The number of piperidine rings is 1. The van der Waals surface area contributed by atoms with Gasteiger partial charge in [-0.1, -0.05) is 0 Å². The highest BCUT2D eigenvalue weighted by Crippen LogP contribution is 2.31. The predicted molar refractivity (Wildman–Crippen MR) is 73.0 cm³/mol. The van der Waals surface area contributed by atoms with Gasteiger partial charge in [-0.05, 0) is 26.3 Å². The van der Waals surface area contributed by atoms with Crippen LogP contribution in [0.15, 0.2) is 0 Å². The van der Waals surface area contributed by atoms with E-state index in [1.807, 2.05) is 0 Å². The number of nitriles is 1. The van der Waals surface area contributed by atoms with E-state index in [0.29, 0.717) is 6.04 Å². The Hall–Kier alpha value is 0.150. The van der Waals surface area contributed by atoms with E-state index in [1.54, 1.807) is 0 Å². The van der Waals surface area contributed by atoms with Crippen molar-refractivity contribution in [1.29, 1.82) is 5.26 Å². The summed E-state index contributed by atoms with van der Waals surface area (Å²) in [6, 6.07) is 3.21. The van der Waals surface area contributed by atoms with Gasteiger partial charge in [0, 0.05) is 35.6 Å². The highest BCUT2D eigenvalue weighted by atomic mass is 32.2. The molecular formula is C12H20N2S2. The molecule has 0 aromatic carbocycles. The van der Waals surface area contributed by atoms with Crippen LogP contribution in [0.4, 0.5) is 0 Å². The molecule has 2 fully saturated rings. The number of likely N-dealkylation sites (tertiary alicyclic amines) is 1. The minimum Gasteiger partial charge on any atom is -0.297 e. The van der Waals surface area contributed by atoms with E-state index >= 15 is 0 Å². The van der Waals surface area contributed by atoms with Crippen LogP contribution in [0.1, 0.15) is 19.8 Å². The van der Waals surface area contributed by atoms with E-state index in [-0.39, 0.29) is 5.41 Å². The molecule has 0 aromatic rings. The Morgan fingerprint density at radius 2 is 2.00 bits per heavy atom. The minimum absolute atomic E-state index is 0.0973. The summed E-state index contributed by atoms with van der Waals surface area (Å²) in [7, 11) is 0. The quantitative estimate of drug-likeness (QED) is 0.720. The van der Waals surface area contributed by atoms with Crippen molar-refractivity contribution in [2.75, 3.05) is 36.1 Å². The standard InChI is InChI=1S/C12H20N2S2/c1-12(9-13)3-2-4-14(10-12)11-7-15-5-6-16-8-11/h11H,2-8,10H2,1H3/t12-/m0/s1. The zero-order valence-corrected chi connectivity index (χ0v) is 11.6. The second-order valence-electron chi connectivity index (χ2n) is 5.05. The first kappa shape index (κ1) is 12.6. The maximum Gasteiger partial charge on any atom is 0.0700 e. The fourth-order valence-corrected chi connectivity index (χ4v) is 5.12. The summed E-state index contributed by atoms with van der Waals surface area (Å²) in [6.07, 6.45) is 2.27. The Kier molecular flexibility index (Phi) is 4.46. The van der Waals surface area contributed by atoms with Gasteiger partial charge in [0.15, 0.2) is 0 Å². The van der Waals surface area contributed by atoms with E-state index in [9.17, 15) is 5.26 Å². The molecule has 0 bridgehead atoms. The Morgan fingerprint density at radius 1 is 1.31 bits per heavy atom. The van der Waals surface area contributed by atoms with Gasteiger partial charge < -0.3 is 0 Å². The molecule has 90 valence electrons. The van der Waals surface area contributed by atoms with Crippen molar-refractivity contribution in [3.05, 3.63) is 0 Å². The zero-order chi connectivity index (χ0) is 11.4. The van der Waals surface area contributed by atoms with Gasteiger partial charge in [0.1, 0.15) is 0 Å². The number of hydrogen-bond donors (Lipinski definition) is 0. The molecule has 1 atom stereocenters. The molecule has 16 heavy (non-hydrogen) atoms. The lowest BCUT2D eigenvalue weighted by Crippen LogP contribution is -2.48. The maximum absolute atomic E-state index is 9.23. The van der Waals surface area contributed by atoms with Crippen LogP contribution in [0.25, 0.3) is 0 Å². The van der Waals surface area contributed by atoms with Crippen LogP contribution in [0, 0.1) is 16.7 Å². The fourth-order valence-electron chi connectivity index (χ4n) is 2.50. The molecule has 0 aliphatic carbocycles. The Labute approximate surface area is 107 Å². The number of nitrogens with zero attached hydrogens (tertiary/aromatic N) is 2. The largest absolute Gasteiger partial charge is 0.297 e. The molecule has 2 saturated heterocycles. The van der Waals surface area contributed by atoms with Crippen LogP contribution in [-0.4, -0.2) is 47.0 Å². The predicted octanol–water partition coefficient (Wildman–Crippen LogP) is 2.46. The fraction of sp³-hybridized carbons (Fsp3) is 0.917. The van der Waals surface area contributed by atoms with Crippen LogP contribution in [-0.2, 0) is 0 Å². The molecule has 0 N–H and O–H groups in total. The van der Waals surface area contributed by atoms with E-state index in [4.69, 9.17) is 0 Å².